The molecule has 0 saturated carbocycles. The summed E-state index contributed by atoms with van der Waals surface area (Å²) in [5.41, 5.74) is 6.63. The number of primary amides is 1. The third kappa shape index (κ3) is 2.83. The van der Waals surface area contributed by atoms with Crippen molar-refractivity contribution in [3.63, 3.8) is 0 Å². The topological polar surface area (TPSA) is 148 Å². The fourth-order valence-corrected chi connectivity index (χ4v) is 4.01. The normalized spacial score (nSPS) is 20.2. The first-order chi connectivity index (χ1) is 14.8. The molecule has 0 spiro atoms. The Hall–Kier alpha value is -4.21. The number of rotatable bonds is 4. The minimum atomic E-state index is -1.64. The van der Waals surface area contributed by atoms with E-state index in [1.807, 2.05) is 19.1 Å². The van der Waals surface area contributed by atoms with E-state index in [-0.39, 0.29) is 23.9 Å². The number of aromatic nitrogens is 1. The fraction of sp³-hybridized carbons (Fsp3) is 0.190. The Morgan fingerprint density at radius 2 is 2.03 bits per heavy atom. The third-order valence-electron chi connectivity index (χ3n) is 5.56. The summed E-state index contributed by atoms with van der Waals surface area (Å²) in [5.74, 6) is -1.49. The molecule has 0 aliphatic carbocycles. The predicted molar refractivity (Wildman–Crippen MR) is 107 cm³/mol. The van der Waals surface area contributed by atoms with Crippen LogP contribution in [0.1, 0.15) is 37.7 Å². The molecule has 156 valence electrons. The molecule has 2 aromatic heterocycles. The van der Waals surface area contributed by atoms with Crippen LogP contribution in [0.15, 0.2) is 40.8 Å². The number of hydrogen-bond acceptors (Lipinski definition) is 6. The number of nitrogens with one attached hydrogen (secondary N) is 2. The molecule has 1 fully saturated rings. The number of fused-ring (bicyclic) bond motifs is 2. The smallest absolute Gasteiger partial charge is 0.322 e. The first-order valence-corrected chi connectivity index (χ1v) is 9.50. The van der Waals surface area contributed by atoms with Gasteiger partial charge in [0.1, 0.15) is 17.0 Å². The molecule has 1 saturated heterocycles. The number of nitrogens with zero attached hydrogens (tertiary/aromatic N) is 2. The van der Waals surface area contributed by atoms with Gasteiger partial charge in [0.2, 0.25) is 0 Å². The van der Waals surface area contributed by atoms with E-state index < -0.39 is 23.4 Å². The second kappa shape index (κ2) is 6.39. The molecule has 10 nitrogen and oxygen atoms in total. The van der Waals surface area contributed by atoms with Crippen LogP contribution in [0.5, 0.6) is 0 Å². The average Bonchev–Trinajstić information content (AvgIpc) is 3.36. The summed E-state index contributed by atoms with van der Waals surface area (Å²) >= 11 is 0. The summed E-state index contributed by atoms with van der Waals surface area (Å²) in [7, 11) is 0. The van der Waals surface area contributed by atoms with Gasteiger partial charge >= 0.3 is 6.03 Å². The number of nitrogens with two attached hydrogens (primary N) is 1. The maximum atomic E-state index is 13.0. The largest absolute Gasteiger partial charge is 0.456 e. The van der Waals surface area contributed by atoms with Crippen LogP contribution in [-0.4, -0.2) is 40.2 Å². The van der Waals surface area contributed by atoms with Crippen molar-refractivity contribution in [2.45, 2.75) is 19.0 Å². The van der Waals surface area contributed by atoms with Crippen molar-refractivity contribution >= 4 is 34.9 Å². The van der Waals surface area contributed by atoms with Crippen molar-refractivity contribution in [3.8, 4) is 0 Å². The highest BCUT2D eigenvalue weighted by Gasteiger charge is 2.53. The molecule has 10 heteroatoms. The van der Waals surface area contributed by atoms with Crippen LogP contribution in [0, 0.1) is 6.92 Å². The van der Waals surface area contributed by atoms with Gasteiger partial charge in [-0.25, -0.2) is 9.78 Å². The van der Waals surface area contributed by atoms with Gasteiger partial charge in [-0.2, -0.15) is 0 Å². The van der Waals surface area contributed by atoms with Crippen molar-refractivity contribution in [2.24, 2.45) is 5.73 Å². The quantitative estimate of drug-likeness (QED) is 0.536. The Bertz CT molecular complexity index is 1310. The molecule has 3 aromatic rings. The summed E-state index contributed by atoms with van der Waals surface area (Å²) in [4.78, 5) is 55.0. The Morgan fingerprint density at radius 1 is 1.23 bits per heavy atom. The summed E-state index contributed by atoms with van der Waals surface area (Å²) in [5, 5.41) is 4.83. The minimum Gasteiger partial charge on any atom is -0.456 e. The lowest BCUT2D eigenvalue weighted by Gasteiger charge is -2.28. The zero-order valence-electron chi connectivity index (χ0n) is 16.4. The van der Waals surface area contributed by atoms with Gasteiger partial charge in [0, 0.05) is 18.2 Å². The Morgan fingerprint density at radius 3 is 2.74 bits per heavy atom. The zero-order chi connectivity index (χ0) is 21.9. The first-order valence-electron chi connectivity index (χ1n) is 9.50. The molecular weight excluding hydrogens is 402 g/mol. The molecule has 0 unspecified atom stereocenters. The molecule has 1 aromatic carbocycles. The van der Waals surface area contributed by atoms with Gasteiger partial charge in [-0.15, -0.1) is 0 Å². The number of furan rings is 1. The van der Waals surface area contributed by atoms with Crippen molar-refractivity contribution in [3.05, 3.63) is 64.5 Å². The van der Waals surface area contributed by atoms with E-state index in [1.165, 1.54) is 23.1 Å². The highest BCUT2D eigenvalue weighted by Crippen LogP contribution is 2.34. The Balaban J connectivity index is 1.56. The number of benzene rings is 1. The number of amides is 5. The van der Waals surface area contributed by atoms with E-state index in [0.29, 0.717) is 23.2 Å². The molecule has 5 amide bonds. The van der Waals surface area contributed by atoms with E-state index in [9.17, 15) is 19.2 Å². The van der Waals surface area contributed by atoms with Gasteiger partial charge in [0.15, 0.2) is 11.1 Å². The average molecular weight is 419 g/mol. The van der Waals surface area contributed by atoms with Gasteiger partial charge in [0.05, 0.1) is 6.54 Å². The monoisotopic (exact) mass is 419 g/mol. The fourth-order valence-electron chi connectivity index (χ4n) is 4.01. The molecular formula is C21H17N5O5. The van der Waals surface area contributed by atoms with Crippen molar-refractivity contribution in [2.75, 3.05) is 6.54 Å². The molecule has 31 heavy (non-hydrogen) atoms. The lowest BCUT2D eigenvalue weighted by atomic mass is 9.95. The van der Waals surface area contributed by atoms with Gasteiger partial charge in [-0.05, 0) is 30.7 Å². The second-order valence-electron chi connectivity index (χ2n) is 7.69. The van der Waals surface area contributed by atoms with Crippen LogP contribution in [0.2, 0.25) is 0 Å². The van der Waals surface area contributed by atoms with Crippen LogP contribution in [0.25, 0.3) is 11.1 Å². The van der Waals surface area contributed by atoms with Gasteiger partial charge in [-0.1, -0.05) is 17.7 Å². The van der Waals surface area contributed by atoms with Crippen molar-refractivity contribution < 1.29 is 23.6 Å². The van der Waals surface area contributed by atoms with E-state index >= 15 is 0 Å². The van der Waals surface area contributed by atoms with Crippen molar-refractivity contribution in [1.82, 2.24) is 20.5 Å². The van der Waals surface area contributed by atoms with Gasteiger partial charge in [0.25, 0.3) is 17.7 Å². The SMILES string of the molecule is Cc1ccc2c(c1)C(=O)N(C[C@@]1(c3cc4nc(C(N)=O)ccc4o3)NC(=O)NC1=O)C2. The number of imide groups is 1. The molecule has 4 N–H and O–H groups in total. The number of pyridine rings is 1. The molecule has 5 rings (SSSR count). The van der Waals surface area contributed by atoms with Crippen LogP contribution in [0.4, 0.5) is 4.79 Å². The minimum absolute atomic E-state index is 0.0364. The lowest BCUT2D eigenvalue weighted by Crippen LogP contribution is -2.52. The zero-order valence-corrected chi connectivity index (χ0v) is 16.4. The molecule has 4 heterocycles. The summed E-state index contributed by atoms with van der Waals surface area (Å²) in [6.07, 6.45) is 0. The summed E-state index contributed by atoms with van der Waals surface area (Å²) in [6.45, 7) is 2.05. The Kier molecular flexibility index (Phi) is 3.88. The number of urea groups is 1. The number of aryl methyl sites for hydroxylation is 1. The molecule has 0 bridgehead atoms. The standard InChI is InChI=1S/C21H17N5O5/c1-10-2-3-11-8-26(18(28)12(11)6-10)9-21(19(29)24-20(30)25-21)16-7-14-15(31-16)5-4-13(23-14)17(22)27/h2-7H,8-9H2,1H3,(H2,22,27)(H2,24,25,29,30)/t21-/m0/s1. The highest BCUT2D eigenvalue weighted by atomic mass is 16.3. The van der Waals surface area contributed by atoms with E-state index in [2.05, 4.69) is 15.6 Å². The maximum absolute atomic E-state index is 13.0. The molecule has 1 atom stereocenters. The number of hydrogen-bond donors (Lipinski definition) is 3. The molecule has 2 aliphatic rings. The maximum Gasteiger partial charge on any atom is 0.322 e. The molecule has 2 aliphatic heterocycles. The van der Waals surface area contributed by atoms with Gasteiger partial charge in [-0.3, -0.25) is 19.7 Å². The van der Waals surface area contributed by atoms with Crippen LogP contribution < -0.4 is 16.4 Å². The van der Waals surface area contributed by atoms with Crippen LogP contribution in [0.3, 0.4) is 0 Å². The van der Waals surface area contributed by atoms with Crippen LogP contribution >= 0.6 is 0 Å². The van der Waals surface area contributed by atoms with E-state index in [4.69, 9.17) is 10.2 Å². The summed E-state index contributed by atoms with van der Waals surface area (Å²) < 4.78 is 5.82. The van der Waals surface area contributed by atoms with Crippen LogP contribution in [-0.2, 0) is 16.9 Å². The lowest BCUT2D eigenvalue weighted by molar-refractivity contribution is -0.125. The summed E-state index contributed by atoms with van der Waals surface area (Å²) in [6, 6.07) is 9.26. The number of carbonyl (C=O) groups is 4. The highest BCUT2D eigenvalue weighted by molar-refractivity contribution is 6.08. The predicted octanol–water partition coefficient (Wildman–Crippen LogP) is 0.926. The number of carbonyl (C=O) groups excluding carboxylic acids is 4. The molecule has 0 radical (unpaired) electrons. The Labute approximate surface area is 175 Å². The first kappa shape index (κ1) is 18.8. The van der Waals surface area contributed by atoms with E-state index in [0.717, 1.165) is 11.1 Å². The van der Waals surface area contributed by atoms with Gasteiger partial charge < -0.3 is 20.4 Å². The van der Waals surface area contributed by atoms with Crippen molar-refractivity contribution in [1.29, 1.82) is 0 Å². The third-order valence-corrected chi connectivity index (χ3v) is 5.56. The van der Waals surface area contributed by atoms with E-state index in [1.54, 1.807) is 6.07 Å². The second-order valence-corrected chi connectivity index (χ2v) is 7.69.